The monoisotopic (exact) mass is 617 g/mol. The van der Waals surface area contributed by atoms with Crippen LogP contribution in [-0.2, 0) is 0 Å². The Hall–Kier alpha value is -3.14. The van der Waals surface area contributed by atoms with Gasteiger partial charge in [0.05, 0.1) is 6.61 Å². The van der Waals surface area contributed by atoms with E-state index < -0.39 is 0 Å². The van der Waals surface area contributed by atoms with E-state index in [4.69, 9.17) is 14.2 Å². The van der Waals surface area contributed by atoms with Crippen molar-refractivity contribution in [3.63, 3.8) is 0 Å². The first-order chi connectivity index (χ1) is 22.1. The largest absolute Gasteiger partial charge is 0.493 e. The first kappa shape index (κ1) is 38.0. The van der Waals surface area contributed by atoms with E-state index in [0.29, 0.717) is 13.2 Å². The molecule has 0 N–H and O–H groups in total. The molecule has 0 aliphatic heterocycles. The van der Waals surface area contributed by atoms with Gasteiger partial charge in [-0.05, 0) is 49.1 Å². The van der Waals surface area contributed by atoms with Gasteiger partial charge in [0.1, 0.15) is 30.5 Å². The molecule has 4 nitrogen and oxygen atoms in total. The van der Waals surface area contributed by atoms with E-state index in [1.165, 1.54) is 95.6 Å². The van der Waals surface area contributed by atoms with Gasteiger partial charge in [0.15, 0.2) is 0 Å². The van der Waals surface area contributed by atoms with Crippen LogP contribution in [-0.4, -0.2) is 32.9 Å². The van der Waals surface area contributed by atoms with E-state index >= 15 is 0 Å². The standard InChI is InChI=1S/C41H63NO3/c1-6-11-14-17-20-27-42(28-21-18-15-12-7-2)38-26-25-37(41(34-38)45-31-22-19-16-13-8-3)24-23-36-32-39(43-29-9-4)35-40(33-36)44-30-10-5/h9-10,23-26,32-35H,4-8,11-22,27-31H2,1-3H3/b24-23+. The molecule has 0 spiro atoms. The van der Waals surface area contributed by atoms with Crippen molar-refractivity contribution < 1.29 is 14.2 Å². The maximum absolute atomic E-state index is 6.52. The second kappa shape index (κ2) is 25.1. The zero-order chi connectivity index (χ0) is 32.4. The Kier molecular flexibility index (Phi) is 21.2. The van der Waals surface area contributed by atoms with Crippen molar-refractivity contribution in [2.24, 2.45) is 0 Å². The summed E-state index contributed by atoms with van der Waals surface area (Å²) in [5, 5.41) is 0. The van der Waals surface area contributed by atoms with Crippen LogP contribution in [0, 0.1) is 0 Å². The Morgan fingerprint density at radius 2 is 1.11 bits per heavy atom. The summed E-state index contributed by atoms with van der Waals surface area (Å²) in [6.07, 6.45) is 26.9. The zero-order valence-corrected chi connectivity index (χ0v) is 29.0. The lowest BCUT2D eigenvalue weighted by Crippen LogP contribution is -2.25. The summed E-state index contributed by atoms with van der Waals surface area (Å²) >= 11 is 0. The van der Waals surface area contributed by atoms with E-state index in [-0.39, 0.29) is 0 Å². The van der Waals surface area contributed by atoms with Crippen LogP contribution in [0.15, 0.2) is 61.7 Å². The van der Waals surface area contributed by atoms with Crippen LogP contribution >= 0.6 is 0 Å². The summed E-state index contributed by atoms with van der Waals surface area (Å²) in [4.78, 5) is 2.60. The fourth-order valence-electron chi connectivity index (χ4n) is 5.41. The molecule has 45 heavy (non-hydrogen) atoms. The van der Waals surface area contributed by atoms with Crippen molar-refractivity contribution in [1.82, 2.24) is 0 Å². The second-order valence-corrected chi connectivity index (χ2v) is 12.1. The Morgan fingerprint density at radius 1 is 0.578 bits per heavy atom. The molecule has 0 aliphatic rings. The number of anilines is 1. The van der Waals surface area contributed by atoms with Crippen molar-refractivity contribution in [1.29, 1.82) is 0 Å². The van der Waals surface area contributed by atoms with Gasteiger partial charge in [-0.1, -0.05) is 135 Å². The summed E-state index contributed by atoms with van der Waals surface area (Å²) < 4.78 is 18.2. The lowest BCUT2D eigenvalue weighted by Gasteiger charge is -2.26. The first-order valence-electron chi connectivity index (χ1n) is 18.0. The molecule has 0 heterocycles. The lowest BCUT2D eigenvalue weighted by atomic mass is 10.1. The van der Waals surface area contributed by atoms with Gasteiger partial charge in [-0.15, -0.1) is 0 Å². The van der Waals surface area contributed by atoms with Crippen LogP contribution < -0.4 is 19.1 Å². The number of benzene rings is 2. The van der Waals surface area contributed by atoms with Crippen molar-refractivity contribution in [2.75, 3.05) is 37.8 Å². The normalized spacial score (nSPS) is 11.1. The minimum atomic E-state index is 0.444. The van der Waals surface area contributed by atoms with Crippen LogP contribution in [0.25, 0.3) is 12.2 Å². The van der Waals surface area contributed by atoms with Gasteiger partial charge in [0.25, 0.3) is 0 Å². The average Bonchev–Trinajstić information content (AvgIpc) is 3.06. The molecule has 250 valence electrons. The van der Waals surface area contributed by atoms with Crippen LogP contribution in [0.3, 0.4) is 0 Å². The van der Waals surface area contributed by atoms with Gasteiger partial charge in [0.2, 0.25) is 0 Å². The highest BCUT2D eigenvalue weighted by Gasteiger charge is 2.11. The van der Waals surface area contributed by atoms with Crippen molar-refractivity contribution in [3.8, 4) is 17.2 Å². The predicted molar refractivity (Wildman–Crippen MR) is 197 cm³/mol. The molecular weight excluding hydrogens is 554 g/mol. The van der Waals surface area contributed by atoms with Crippen LogP contribution in [0.2, 0.25) is 0 Å². The van der Waals surface area contributed by atoms with E-state index in [1.807, 2.05) is 18.2 Å². The first-order valence-corrected chi connectivity index (χ1v) is 18.0. The Bertz CT molecular complexity index is 1050. The van der Waals surface area contributed by atoms with Gasteiger partial charge in [-0.3, -0.25) is 0 Å². The van der Waals surface area contributed by atoms with Gasteiger partial charge >= 0.3 is 0 Å². The van der Waals surface area contributed by atoms with E-state index in [1.54, 1.807) is 12.2 Å². The van der Waals surface area contributed by atoms with Crippen LogP contribution in [0.4, 0.5) is 5.69 Å². The Labute approximate surface area is 276 Å². The SMILES string of the molecule is C=CCOc1cc(/C=C/c2ccc(N(CCCCCCC)CCCCCCC)cc2OCCCCCCC)cc(OCC=C)c1. The minimum Gasteiger partial charge on any atom is -0.493 e. The molecule has 2 rings (SSSR count). The Morgan fingerprint density at radius 3 is 1.64 bits per heavy atom. The second-order valence-electron chi connectivity index (χ2n) is 12.1. The van der Waals surface area contributed by atoms with Crippen LogP contribution in [0.5, 0.6) is 17.2 Å². The number of nitrogens with zero attached hydrogens (tertiary/aromatic N) is 1. The van der Waals surface area contributed by atoms with Gasteiger partial charge in [0, 0.05) is 36.5 Å². The quantitative estimate of drug-likeness (QED) is 0.0540. The van der Waals surface area contributed by atoms with E-state index in [0.717, 1.165) is 54.5 Å². The zero-order valence-electron chi connectivity index (χ0n) is 29.0. The molecule has 2 aromatic rings. The molecule has 0 unspecified atom stereocenters. The average molecular weight is 618 g/mol. The lowest BCUT2D eigenvalue weighted by molar-refractivity contribution is 0.304. The number of rotatable bonds is 28. The smallest absolute Gasteiger partial charge is 0.128 e. The molecule has 0 aliphatic carbocycles. The third-order valence-electron chi connectivity index (χ3n) is 8.02. The highest BCUT2D eigenvalue weighted by atomic mass is 16.5. The molecular formula is C41H63NO3. The third kappa shape index (κ3) is 16.7. The van der Waals surface area contributed by atoms with E-state index in [9.17, 15) is 0 Å². The molecule has 0 atom stereocenters. The molecule has 0 bridgehead atoms. The molecule has 0 amide bonds. The molecule has 0 saturated heterocycles. The highest BCUT2D eigenvalue weighted by Crippen LogP contribution is 2.30. The summed E-state index contributed by atoms with van der Waals surface area (Å²) in [5.74, 6) is 2.47. The molecule has 0 fully saturated rings. The van der Waals surface area contributed by atoms with Gasteiger partial charge in [-0.25, -0.2) is 0 Å². The van der Waals surface area contributed by atoms with Crippen molar-refractivity contribution in [2.45, 2.75) is 117 Å². The summed E-state index contributed by atoms with van der Waals surface area (Å²) in [7, 11) is 0. The fourth-order valence-corrected chi connectivity index (χ4v) is 5.41. The van der Waals surface area contributed by atoms with Crippen LogP contribution in [0.1, 0.15) is 128 Å². The van der Waals surface area contributed by atoms with Gasteiger partial charge < -0.3 is 19.1 Å². The highest BCUT2D eigenvalue weighted by molar-refractivity contribution is 5.75. The third-order valence-corrected chi connectivity index (χ3v) is 8.02. The number of unbranched alkanes of at least 4 members (excludes halogenated alkanes) is 12. The Balaban J connectivity index is 2.31. The predicted octanol–water partition coefficient (Wildman–Crippen LogP) is 12.1. The summed E-state index contributed by atoms with van der Waals surface area (Å²) in [5.41, 5.74) is 3.37. The minimum absolute atomic E-state index is 0.444. The fraction of sp³-hybridized carbons (Fsp3) is 0.561. The molecule has 4 heteroatoms. The molecule has 0 saturated carbocycles. The maximum atomic E-state index is 6.52. The topological polar surface area (TPSA) is 30.9 Å². The maximum Gasteiger partial charge on any atom is 0.128 e. The number of hydrogen-bond acceptors (Lipinski definition) is 4. The number of ether oxygens (including phenoxy) is 3. The summed E-state index contributed by atoms with van der Waals surface area (Å²) in [6.45, 7) is 18.2. The molecule has 0 aromatic heterocycles. The van der Waals surface area contributed by atoms with Crippen molar-refractivity contribution >= 4 is 17.8 Å². The molecule has 0 radical (unpaired) electrons. The van der Waals surface area contributed by atoms with Crippen molar-refractivity contribution in [3.05, 3.63) is 72.8 Å². The molecule has 2 aromatic carbocycles. The van der Waals surface area contributed by atoms with Gasteiger partial charge in [-0.2, -0.15) is 0 Å². The number of hydrogen-bond donors (Lipinski definition) is 0. The van der Waals surface area contributed by atoms with E-state index in [2.05, 4.69) is 69.2 Å². The summed E-state index contributed by atoms with van der Waals surface area (Å²) in [6, 6.07) is 12.8.